The predicted molar refractivity (Wildman–Crippen MR) is 148 cm³/mol. The molecule has 1 aromatic carbocycles. The van der Waals surface area contributed by atoms with Gasteiger partial charge in [0.25, 0.3) is 0 Å². The number of aliphatic imine (C=N–C) groups is 1. The highest BCUT2D eigenvalue weighted by Gasteiger charge is 2.39. The highest BCUT2D eigenvalue weighted by atomic mass is 127. The molecule has 186 valence electrons. The molecule has 0 saturated carbocycles. The minimum absolute atomic E-state index is 0. The molecule has 0 aromatic heterocycles. The van der Waals surface area contributed by atoms with Gasteiger partial charge in [-0.2, -0.15) is 0 Å². The zero-order valence-electron chi connectivity index (χ0n) is 20.6. The Morgan fingerprint density at radius 2 is 1.76 bits per heavy atom. The van der Waals surface area contributed by atoms with Crippen LogP contribution in [-0.2, 0) is 4.74 Å². The summed E-state index contributed by atoms with van der Waals surface area (Å²) in [6.45, 7) is 12.7. The minimum Gasteiger partial charge on any atom is -0.381 e. The molecule has 0 aliphatic carbocycles. The van der Waals surface area contributed by atoms with Crippen LogP contribution in [-0.4, -0.2) is 79.8 Å². The van der Waals surface area contributed by atoms with E-state index < -0.39 is 0 Å². The van der Waals surface area contributed by atoms with Crippen LogP contribution in [0.1, 0.15) is 64.0 Å². The third-order valence-corrected chi connectivity index (χ3v) is 7.78. The van der Waals surface area contributed by atoms with Crippen molar-refractivity contribution in [3.05, 3.63) is 35.9 Å². The van der Waals surface area contributed by atoms with E-state index in [0.717, 1.165) is 71.0 Å². The fraction of sp³-hybridized carbons (Fsp3) is 0.731. The Hall–Kier alpha value is -0.900. The molecule has 1 unspecified atom stereocenters. The molecule has 33 heavy (non-hydrogen) atoms. The van der Waals surface area contributed by atoms with Crippen LogP contribution in [0.5, 0.6) is 0 Å². The van der Waals surface area contributed by atoms with E-state index in [9.17, 15) is 0 Å². The van der Waals surface area contributed by atoms with E-state index in [1.165, 1.54) is 31.5 Å². The Balaban J connectivity index is 0.00000306. The van der Waals surface area contributed by atoms with Crippen molar-refractivity contribution in [1.82, 2.24) is 20.4 Å². The summed E-state index contributed by atoms with van der Waals surface area (Å²) in [5.41, 5.74) is 1.60. The van der Waals surface area contributed by atoms with Gasteiger partial charge in [-0.25, -0.2) is 0 Å². The number of nitrogens with one attached hydrogen (secondary N) is 2. The van der Waals surface area contributed by atoms with E-state index in [2.05, 4.69) is 64.6 Å². The van der Waals surface area contributed by atoms with Crippen LogP contribution in [0.2, 0.25) is 0 Å². The van der Waals surface area contributed by atoms with Gasteiger partial charge >= 0.3 is 0 Å². The van der Waals surface area contributed by atoms with Crippen LogP contribution < -0.4 is 10.6 Å². The molecule has 3 fully saturated rings. The second kappa shape index (κ2) is 13.3. The van der Waals surface area contributed by atoms with Crippen molar-refractivity contribution in [2.24, 2.45) is 4.99 Å². The third kappa shape index (κ3) is 7.05. The second-order valence-electron chi connectivity index (χ2n) is 9.77. The number of likely N-dealkylation sites (tertiary alicyclic amines) is 2. The van der Waals surface area contributed by atoms with Gasteiger partial charge in [0.05, 0.1) is 6.54 Å². The van der Waals surface area contributed by atoms with E-state index in [1.54, 1.807) is 0 Å². The van der Waals surface area contributed by atoms with Gasteiger partial charge in [0.1, 0.15) is 0 Å². The molecule has 1 atom stereocenters. The first-order valence-electron chi connectivity index (χ1n) is 12.9. The van der Waals surface area contributed by atoms with Crippen molar-refractivity contribution >= 4 is 29.9 Å². The van der Waals surface area contributed by atoms with Crippen LogP contribution in [0.25, 0.3) is 0 Å². The summed E-state index contributed by atoms with van der Waals surface area (Å²) in [5, 5.41) is 7.28. The minimum atomic E-state index is 0. The normalized spacial score (nSPS) is 23.6. The molecule has 1 aromatic rings. The third-order valence-electron chi connectivity index (χ3n) is 7.78. The van der Waals surface area contributed by atoms with Gasteiger partial charge in [-0.3, -0.25) is 14.8 Å². The van der Waals surface area contributed by atoms with Crippen LogP contribution in [0.15, 0.2) is 35.3 Å². The molecule has 0 spiro atoms. The molecule has 0 radical (unpaired) electrons. The lowest BCUT2D eigenvalue weighted by atomic mass is 9.88. The maximum absolute atomic E-state index is 5.71. The van der Waals surface area contributed by atoms with Gasteiger partial charge in [-0.1, -0.05) is 30.3 Å². The van der Waals surface area contributed by atoms with Crippen LogP contribution >= 0.6 is 24.0 Å². The maximum Gasteiger partial charge on any atom is 0.191 e. The van der Waals surface area contributed by atoms with E-state index >= 15 is 0 Å². The summed E-state index contributed by atoms with van der Waals surface area (Å²) in [7, 11) is 0. The SMILES string of the molecule is CCNC(=NCC1(N2CCCC2)CCOCC1)NC1CCN(C(C)c2ccccc2)CC1.I. The molecule has 6 nitrogen and oxygen atoms in total. The quantitative estimate of drug-likeness (QED) is 0.295. The zero-order chi connectivity index (χ0) is 22.2. The topological polar surface area (TPSA) is 52.1 Å². The summed E-state index contributed by atoms with van der Waals surface area (Å²) in [6.07, 6.45) is 7.17. The maximum atomic E-state index is 5.71. The van der Waals surface area contributed by atoms with E-state index in [1.807, 2.05) is 0 Å². The molecule has 0 amide bonds. The molecule has 3 aliphatic heterocycles. The van der Waals surface area contributed by atoms with E-state index in [4.69, 9.17) is 9.73 Å². The average Bonchev–Trinajstić information content (AvgIpc) is 3.40. The fourth-order valence-corrected chi connectivity index (χ4v) is 5.63. The standard InChI is InChI=1S/C26H43N5O.HI/c1-3-27-25(28-21-26(13-19-32-20-14-26)31-15-7-8-16-31)29-24-11-17-30(18-12-24)22(2)23-9-5-4-6-10-23;/h4-6,9-10,22,24H,3,7-8,11-21H2,1-2H3,(H2,27,28,29);1H. The number of halogens is 1. The molecule has 3 heterocycles. The van der Waals surface area contributed by atoms with Gasteiger partial charge in [-0.05, 0) is 71.0 Å². The first kappa shape index (κ1) is 26.7. The number of hydrogen-bond donors (Lipinski definition) is 2. The number of benzene rings is 1. The molecule has 3 saturated heterocycles. The van der Waals surface area contributed by atoms with E-state index in [0.29, 0.717) is 12.1 Å². The Morgan fingerprint density at radius 1 is 1.09 bits per heavy atom. The van der Waals surface area contributed by atoms with Gasteiger partial charge in [-0.15, -0.1) is 24.0 Å². The molecule has 2 N–H and O–H groups in total. The fourth-order valence-electron chi connectivity index (χ4n) is 5.63. The zero-order valence-corrected chi connectivity index (χ0v) is 22.9. The number of nitrogens with zero attached hydrogens (tertiary/aromatic N) is 3. The van der Waals surface area contributed by atoms with Crippen molar-refractivity contribution < 1.29 is 4.74 Å². The first-order valence-corrected chi connectivity index (χ1v) is 12.9. The Kier molecular flexibility index (Phi) is 10.7. The number of guanidine groups is 1. The molecular weight excluding hydrogens is 525 g/mol. The number of rotatable bonds is 7. The van der Waals surface area contributed by atoms with Gasteiger partial charge in [0.2, 0.25) is 0 Å². The van der Waals surface area contributed by atoms with Crippen molar-refractivity contribution in [2.75, 3.05) is 52.5 Å². The molecule has 4 rings (SSSR count). The number of piperidine rings is 1. The average molecular weight is 570 g/mol. The summed E-state index contributed by atoms with van der Waals surface area (Å²) in [6, 6.07) is 11.9. The highest BCUT2D eigenvalue weighted by molar-refractivity contribution is 14.0. The van der Waals surface area contributed by atoms with Gasteiger partial charge in [0.15, 0.2) is 5.96 Å². The first-order chi connectivity index (χ1) is 15.7. The highest BCUT2D eigenvalue weighted by Crippen LogP contribution is 2.31. The van der Waals surface area contributed by atoms with Gasteiger partial charge in [0, 0.05) is 50.5 Å². The largest absolute Gasteiger partial charge is 0.381 e. The predicted octanol–water partition coefficient (Wildman–Crippen LogP) is 4.03. The monoisotopic (exact) mass is 569 g/mol. The Morgan fingerprint density at radius 3 is 2.39 bits per heavy atom. The number of ether oxygens (including phenoxy) is 1. The van der Waals surface area contributed by atoms with Gasteiger partial charge < -0.3 is 15.4 Å². The second-order valence-corrected chi connectivity index (χ2v) is 9.77. The Bertz CT molecular complexity index is 711. The summed E-state index contributed by atoms with van der Waals surface area (Å²) < 4.78 is 5.71. The molecule has 3 aliphatic rings. The lowest BCUT2D eigenvalue weighted by molar-refractivity contribution is -0.0139. The molecule has 7 heteroatoms. The summed E-state index contributed by atoms with van der Waals surface area (Å²) >= 11 is 0. The Labute approximate surface area is 217 Å². The smallest absolute Gasteiger partial charge is 0.191 e. The van der Waals surface area contributed by atoms with E-state index in [-0.39, 0.29) is 29.5 Å². The van der Waals surface area contributed by atoms with Crippen LogP contribution in [0.4, 0.5) is 0 Å². The molecule has 0 bridgehead atoms. The van der Waals surface area contributed by atoms with Crippen molar-refractivity contribution in [1.29, 1.82) is 0 Å². The summed E-state index contributed by atoms with van der Waals surface area (Å²) in [5.74, 6) is 0.993. The number of hydrogen-bond acceptors (Lipinski definition) is 4. The summed E-state index contributed by atoms with van der Waals surface area (Å²) in [4.78, 5) is 10.4. The van der Waals surface area contributed by atoms with Crippen LogP contribution in [0, 0.1) is 0 Å². The lowest BCUT2D eigenvalue weighted by Gasteiger charge is -2.43. The van der Waals surface area contributed by atoms with Crippen molar-refractivity contribution in [3.8, 4) is 0 Å². The van der Waals surface area contributed by atoms with Crippen LogP contribution in [0.3, 0.4) is 0 Å². The lowest BCUT2D eigenvalue weighted by Crippen LogP contribution is -2.54. The molecular formula is C26H44IN5O. The van der Waals surface area contributed by atoms with Crippen molar-refractivity contribution in [2.45, 2.75) is 70.0 Å². The van der Waals surface area contributed by atoms with Crippen molar-refractivity contribution in [3.63, 3.8) is 0 Å².